The molecule has 0 bridgehead atoms. The molecular formula is C14H10O4. The van der Waals surface area contributed by atoms with E-state index in [0.29, 0.717) is 22.3 Å². The van der Waals surface area contributed by atoms with Crippen LogP contribution >= 0.6 is 0 Å². The third-order valence-electron chi connectivity index (χ3n) is 3.16. The van der Waals surface area contributed by atoms with Crippen molar-refractivity contribution in [1.29, 1.82) is 0 Å². The maximum Gasteiger partial charge on any atom is 0.182 e. The Morgan fingerprint density at radius 1 is 1.00 bits per heavy atom. The Bertz CT molecular complexity index is 707. The lowest BCUT2D eigenvalue weighted by Gasteiger charge is -2.02. The Balaban J connectivity index is 2.49. The van der Waals surface area contributed by atoms with Gasteiger partial charge >= 0.3 is 0 Å². The number of hydrogen-bond donors (Lipinski definition) is 3. The van der Waals surface area contributed by atoms with Gasteiger partial charge < -0.3 is 15.3 Å². The number of aromatic hydroxyl groups is 2. The molecule has 1 aliphatic rings. The van der Waals surface area contributed by atoms with Crippen LogP contribution in [0.5, 0.6) is 11.5 Å². The molecule has 0 saturated carbocycles. The molecule has 1 atom stereocenters. The fourth-order valence-corrected chi connectivity index (χ4v) is 2.36. The van der Waals surface area contributed by atoms with Crippen LogP contribution in [-0.4, -0.2) is 15.3 Å². The van der Waals surface area contributed by atoms with E-state index >= 15 is 0 Å². The Hall–Kier alpha value is -2.33. The average molecular weight is 242 g/mol. The molecule has 4 heteroatoms. The second-order valence-electron chi connectivity index (χ2n) is 4.25. The Morgan fingerprint density at radius 3 is 2.50 bits per heavy atom. The minimum absolute atomic E-state index is 0.317. The van der Waals surface area contributed by atoms with E-state index < -0.39 is 17.3 Å². The summed E-state index contributed by atoms with van der Waals surface area (Å²) in [5, 5.41) is 29.7. The number of benzene rings is 1. The van der Waals surface area contributed by atoms with Crippen LogP contribution in [-0.2, 0) is 0 Å². The first-order valence-electron chi connectivity index (χ1n) is 5.47. The fourth-order valence-electron chi connectivity index (χ4n) is 2.36. The molecule has 3 N–H and O–H groups in total. The van der Waals surface area contributed by atoms with Gasteiger partial charge in [0, 0.05) is 17.2 Å². The predicted octanol–water partition coefficient (Wildman–Crippen LogP) is 1.52. The summed E-state index contributed by atoms with van der Waals surface area (Å²) >= 11 is 0. The van der Waals surface area contributed by atoms with Crippen LogP contribution in [0.3, 0.4) is 0 Å². The van der Waals surface area contributed by atoms with Crippen LogP contribution in [0.1, 0.15) is 17.2 Å². The summed E-state index contributed by atoms with van der Waals surface area (Å²) in [5.41, 5.74) is 1.42. The minimum atomic E-state index is -0.957. The number of rotatable bonds is 0. The zero-order valence-electron chi connectivity index (χ0n) is 9.29. The molecule has 1 aliphatic carbocycles. The van der Waals surface area contributed by atoms with Gasteiger partial charge in [-0.2, -0.15) is 0 Å². The van der Waals surface area contributed by atoms with Gasteiger partial charge in [0.15, 0.2) is 16.9 Å². The number of aliphatic hydroxyl groups is 1. The maximum absolute atomic E-state index is 11.5. The summed E-state index contributed by atoms with van der Waals surface area (Å²) in [6.07, 6.45) is -0.957. The Morgan fingerprint density at radius 2 is 1.72 bits per heavy atom. The zero-order valence-corrected chi connectivity index (χ0v) is 9.29. The first-order valence-corrected chi connectivity index (χ1v) is 5.47. The average Bonchev–Trinajstić information content (AvgIpc) is 2.56. The molecule has 0 saturated heterocycles. The molecule has 1 unspecified atom stereocenters. The summed E-state index contributed by atoms with van der Waals surface area (Å²) in [6, 6.07) is 9.16. The molecule has 4 nitrogen and oxygen atoms in total. The standard InChI is InChI=1S/C14H10O4/c15-7-5-10-12(14(18)11(16)6-7)8-3-1-2-4-9(8)13(10)17/h1-6,13,16-18H. The van der Waals surface area contributed by atoms with Crippen molar-refractivity contribution in [2.24, 2.45) is 0 Å². The first-order chi connectivity index (χ1) is 8.59. The van der Waals surface area contributed by atoms with Gasteiger partial charge in [0.2, 0.25) is 0 Å². The minimum Gasteiger partial charge on any atom is -0.504 e. The van der Waals surface area contributed by atoms with Gasteiger partial charge in [0.1, 0.15) is 6.10 Å². The van der Waals surface area contributed by atoms with E-state index in [9.17, 15) is 20.1 Å². The second kappa shape index (κ2) is 3.58. The van der Waals surface area contributed by atoms with Crippen molar-refractivity contribution < 1.29 is 15.3 Å². The molecule has 0 aromatic heterocycles. The smallest absolute Gasteiger partial charge is 0.182 e. The summed E-state index contributed by atoms with van der Waals surface area (Å²) in [6.45, 7) is 0. The van der Waals surface area contributed by atoms with Gasteiger partial charge in [-0.25, -0.2) is 0 Å². The van der Waals surface area contributed by atoms with E-state index in [1.165, 1.54) is 6.07 Å². The summed E-state index contributed by atoms with van der Waals surface area (Å²) in [7, 11) is 0. The molecule has 0 amide bonds. The molecule has 0 spiro atoms. The number of aliphatic hydroxyl groups excluding tert-OH is 1. The maximum atomic E-state index is 11.5. The zero-order chi connectivity index (χ0) is 12.9. The van der Waals surface area contributed by atoms with Crippen molar-refractivity contribution in [3.05, 3.63) is 57.7 Å². The van der Waals surface area contributed by atoms with Crippen LogP contribution in [0.25, 0.3) is 11.1 Å². The molecule has 0 radical (unpaired) electrons. The summed E-state index contributed by atoms with van der Waals surface area (Å²) in [5.74, 6) is -0.860. The van der Waals surface area contributed by atoms with Crippen LogP contribution in [0.15, 0.2) is 41.2 Å². The first kappa shape index (κ1) is 10.8. The monoisotopic (exact) mass is 242 g/mol. The van der Waals surface area contributed by atoms with Gasteiger partial charge in [0.25, 0.3) is 0 Å². The van der Waals surface area contributed by atoms with Gasteiger partial charge in [-0.1, -0.05) is 24.3 Å². The molecule has 0 aliphatic heterocycles. The molecule has 90 valence electrons. The van der Waals surface area contributed by atoms with Crippen molar-refractivity contribution in [2.75, 3.05) is 0 Å². The molecule has 2 aromatic rings. The molecule has 0 heterocycles. The van der Waals surface area contributed by atoms with Gasteiger partial charge in [0.05, 0.1) is 0 Å². The summed E-state index contributed by atoms with van der Waals surface area (Å²) < 4.78 is 0. The highest BCUT2D eigenvalue weighted by Crippen LogP contribution is 2.48. The van der Waals surface area contributed by atoms with E-state index in [1.54, 1.807) is 24.3 Å². The van der Waals surface area contributed by atoms with E-state index in [-0.39, 0.29) is 5.75 Å². The second-order valence-corrected chi connectivity index (χ2v) is 4.25. The van der Waals surface area contributed by atoms with Crippen LogP contribution in [0, 0.1) is 0 Å². The normalized spacial score (nSPS) is 16.2. The highest BCUT2D eigenvalue weighted by Gasteiger charge is 2.29. The largest absolute Gasteiger partial charge is 0.504 e. The van der Waals surface area contributed by atoms with Crippen LogP contribution < -0.4 is 5.43 Å². The van der Waals surface area contributed by atoms with Crippen LogP contribution in [0.4, 0.5) is 0 Å². The topological polar surface area (TPSA) is 77.8 Å². The quantitative estimate of drug-likeness (QED) is 0.654. The van der Waals surface area contributed by atoms with Crippen molar-refractivity contribution in [1.82, 2.24) is 0 Å². The van der Waals surface area contributed by atoms with E-state index in [0.717, 1.165) is 6.07 Å². The summed E-state index contributed by atoms with van der Waals surface area (Å²) in [4.78, 5) is 11.5. The number of hydrogen-bond acceptors (Lipinski definition) is 4. The van der Waals surface area contributed by atoms with E-state index in [4.69, 9.17) is 0 Å². The third kappa shape index (κ3) is 1.33. The predicted molar refractivity (Wildman–Crippen MR) is 65.5 cm³/mol. The third-order valence-corrected chi connectivity index (χ3v) is 3.16. The van der Waals surface area contributed by atoms with Crippen molar-refractivity contribution in [3.8, 4) is 22.6 Å². The van der Waals surface area contributed by atoms with Crippen LogP contribution in [0.2, 0.25) is 0 Å². The molecule has 2 aromatic carbocycles. The Labute approximate surface area is 102 Å². The van der Waals surface area contributed by atoms with Gasteiger partial charge in [-0.3, -0.25) is 4.79 Å². The molecular weight excluding hydrogens is 232 g/mol. The van der Waals surface area contributed by atoms with Crippen molar-refractivity contribution in [3.63, 3.8) is 0 Å². The highest BCUT2D eigenvalue weighted by molar-refractivity contribution is 5.83. The van der Waals surface area contributed by atoms with E-state index in [2.05, 4.69) is 0 Å². The number of fused-ring (bicyclic) bond motifs is 3. The lowest BCUT2D eigenvalue weighted by atomic mass is 10.1. The van der Waals surface area contributed by atoms with Crippen molar-refractivity contribution in [2.45, 2.75) is 6.10 Å². The van der Waals surface area contributed by atoms with Crippen molar-refractivity contribution >= 4 is 0 Å². The molecule has 18 heavy (non-hydrogen) atoms. The SMILES string of the molecule is O=c1cc(O)c(O)c2c(c1)C(O)c1ccccc1-2. The highest BCUT2D eigenvalue weighted by atomic mass is 16.3. The lowest BCUT2D eigenvalue weighted by molar-refractivity contribution is 0.225. The Kier molecular flexibility index (Phi) is 2.15. The van der Waals surface area contributed by atoms with Gasteiger partial charge in [-0.05, 0) is 17.2 Å². The molecule has 3 rings (SSSR count). The van der Waals surface area contributed by atoms with E-state index in [1.807, 2.05) is 0 Å². The molecule has 0 fully saturated rings. The van der Waals surface area contributed by atoms with Gasteiger partial charge in [-0.15, -0.1) is 0 Å². The fraction of sp³-hybridized carbons (Fsp3) is 0.0714. The lowest BCUT2D eigenvalue weighted by Crippen LogP contribution is -1.98.